The summed E-state index contributed by atoms with van der Waals surface area (Å²) in [5.74, 6) is 1.64. The van der Waals surface area contributed by atoms with Gasteiger partial charge in [-0.1, -0.05) is 39.8 Å². The van der Waals surface area contributed by atoms with Gasteiger partial charge in [0.1, 0.15) is 0 Å². The van der Waals surface area contributed by atoms with Crippen LogP contribution in [0.25, 0.3) is 0 Å². The van der Waals surface area contributed by atoms with Gasteiger partial charge in [-0.3, -0.25) is 9.59 Å². The Labute approximate surface area is 200 Å². The Morgan fingerprint density at radius 2 is 1.52 bits per heavy atom. The van der Waals surface area contributed by atoms with Crippen LogP contribution in [0.3, 0.4) is 0 Å². The number of hydrogen-bond donors (Lipinski definition) is 0. The van der Waals surface area contributed by atoms with Gasteiger partial charge in [-0.25, -0.2) is 0 Å². The summed E-state index contributed by atoms with van der Waals surface area (Å²) >= 11 is 0. The number of carbonyl (C=O) groups excluding carboxylic acids is 2. The molecule has 0 spiro atoms. The normalized spacial score (nSPS) is 13.4. The smallest absolute Gasteiger partial charge is 0.225 e. The Morgan fingerprint density at radius 3 is 2.03 bits per heavy atom. The van der Waals surface area contributed by atoms with Crippen molar-refractivity contribution in [3.8, 4) is 11.5 Å². The topological polar surface area (TPSA) is 65.1 Å². The first kappa shape index (κ1) is 28.7. The molecule has 1 aromatic carbocycles. The van der Waals surface area contributed by atoms with Crippen molar-refractivity contribution in [3.05, 3.63) is 35.9 Å². The van der Waals surface area contributed by atoms with E-state index in [0.29, 0.717) is 43.1 Å². The van der Waals surface area contributed by atoms with E-state index in [0.717, 1.165) is 6.42 Å². The van der Waals surface area contributed by atoms with E-state index in [-0.39, 0.29) is 35.4 Å². The quantitative estimate of drug-likeness (QED) is 0.202. The molecule has 1 amide bonds. The lowest BCUT2D eigenvalue weighted by Crippen LogP contribution is -2.32. The van der Waals surface area contributed by atoms with Crippen molar-refractivity contribution in [2.45, 2.75) is 47.0 Å². The first-order chi connectivity index (χ1) is 15.6. The molecule has 1 rings (SSSR count). The lowest BCUT2D eigenvalue weighted by Gasteiger charge is -2.22. The van der Waals surface area contributed by atoms with Crippen molar-refractivity contribution < 1.29 is 23.8 Å². The number of carbonyl (C=O) groups is 2. The van der Waals surface area contributed by atoms with Crippen LogP contribution in [0, 0.1) is 23.7 Å². The second-order valence-corrected chi connectivity index (χ2v) is 9.30. The maximum absolute atomic E-state index is 13.3. The highest BCUT2D eigenvalue weighted by Gasteiger charge is 2.25. The molecular weight excluding hydrogens is 418 g/mol. The summed E-state index contributed by atoms with van der Waals surface area (Å²) in [5.41, 5.74) is 0.618. The summed E-state index contributed by atoms with van der Waals surface area (Å²) in [6.45, 7) is 9.36. The molecule has 6 heteroatoms. The molecule has 0 saturated heterocycles. The summed E-state index contributed by atoms with van der Waals surface area (Å²) in [6.07, 6.45) is 6.16. The predicted molar refractivity (Wildman–Crippen MR) is 133 cm³/mol. The fourth-order valence-electron chi connectivity index (χ4n) is 3.70. The number of nitrogens with zero attached hydrogens (tertiary/aromatic N) is 1. The van der Waals surface area contributed by atoms with Crippen molar-refractivity contribution in [2.75, 3.05) is 41.5 Å². The number of ketones is 1. The first-order valence-corrected chi connectivity index (χ1v) is 11.8. The number of ether oxygens (including phenoxy) is 3. The third-order valence-corrected chi connectivity index (χ3v) is 5.85. The number of benzene rings is 1. The summed E-state index contributed by atoms with van der Waals surface area (Å²) < 4.78 is 16.3. The number of amides is 1. The molecule has 0 aliphatic carbocycles. The molecule has 0 heterocycles. The molecule has 0 aliphatic heterocycles. The van der Waals surface area contributed by atoms with Crippen LogP contribution in [0.5, 0.6) is 11.5 Å². The van der Waals surface area contributed by atoms with Crippen LogP contribution in [-0.2, 0) is 9.53 Å². The maximum atomic E-state index is 13.3. The van der Waals surface area contributed by atoms with Crippen LogP contribution in [0.4, 0.5) is 0 Å². The summed E-state index contributed by atoms with van der Waals surface area (Å²) in [6, 6.07) is 5.36. The van der Waals surface area contributed by atoms with Gasteiger partial charge in [0.15, 0.2) is 17.3 Å². The van der Waals surface area contributed by atoms with Crippen molar-refractivity contribution in [1.82, 2.24) is 4.90 Å². The third kappa shape index (κ3) is 9.20. The number of Topliss-reactive ketones (excluding diaryl/α,β-unsaturated/α-hetero) is 1. The minimum atomic E-state index is -0.155. The van der Waals surface area contributed by atoms with Crippen LogP contribution in [0.15, 0.2) is 30.4 Å². The van der Waals surface area contributed by atoms with Crippen molar-refractivity contribution >= 4 is 11.7 Å². The minimum absolute atomic E-state index is 0.0520. The lowest BCUT2D eigenvalue weighted by atomic mass is 9.84. The largest absolute Gasteiger partial charge is 0.493 e. The number of methoxy groups -OCH3 is 2. The van der Waals surface area contributed by atoms with E-state index in [1.165, 1.54) is 0 Å². The average molecular weight is 462 g/mol. The Kier molecular flexibility index (Phi) is 12.8. The highest BCUT2D eigenvalue weighted by Crippen LogP contribution is 2.31. The van der Waals surface area contributed by atoms with Gasteiger partial charge >= 0.3 is 0 Å². The van der Waals surface area contributed by atoms with Gasteiger partial charge in [0.2, 0.25) is 5.91 Å². The molecule has 33 heavy (non-hydrogen) atoms. The van der Waals surface area contributed by atoms with Gasteiger partial charge < -0.3 is 19.1 Å². The zero-order chi connectivity index (χ0) is 25.0. The Morgan fingerprint density at radius 1 is 0.909 bits per heavy atom. The van der Waals surface area contributed by atoms with E-state index in [9.17, 15) is 9.59 Å². The first-order valence-electron chi connectivity index (χ1n) is 11.8. The second kappa shape index (κ2) is 14.7. The van der Waals surface area contributed by atoms with Crippen molar-refractivity contribution in [3.63, 3.8) is 0 Å². The summed E-state index contributed by atoms with van der Waals surface area (Å²) in [4.78, 5) is 27.4. The number of allylic oxidation sites excluding steroid dienone is 2. The fourth-order valence-corrected chi connectivity index (χ4v) is 3.70. The SMILES string of the molecule is COCCCOc1cc(C(=O)C(CC=CCC(C(=O)N(C)C)C(C)C)C(C)C)ccc1OC. The summed E-state index contributed by atoms with van der Waals surface area (Å²) in [5, 5.41) is 0. The van der Waals surface area contributed by atoms with E-state index in [2.05, 4.69) is 27.7 Å². The molecule has 0 aliphatic rings. The zero-order valence-corrected chi connectivity index (χ0v) is 21.7. The van der Waals surface area contributed by atoms with E-state index in [1.54, 1.807) is 51.4 Å². The molecule has 2 atom stereocenters. The third-order valence-electron chi connectivity index (χ3n) is 5.85. The maximum Gasteiger partial charge on any atom is 0.225 e. The van der Waals surface area contributed by atoms with Gasteiger partial charge in [-0.05, 0) is 42.9 Å². The average Bonchev–Trinajstić information content (AvgIpc) is 2.77. The molecule has 0 bridgehead atoms. The van der Waals surface area contributed by atoms with Crippen LogP contribution in [0.2, 0.25) is 0 Å². The molecule has 0 saturated carbocycles. The van der Waals surface area contributed by atoms with Crippen LogP contribution >= 0.6 is 0 Å². The number of rotatable bonds is 15. The Hall–Kier alpha value is -2.34. The van der Waals surface area contributed by atoms with E-state index in [1.807, 2.05) is 12.2 Å². The van der Waals surface area contributed by atoms with Gasteiger partial charge in [-0.15, -0.1) is 0 Å². The minimum Gasteiger partial charge on any atom is -0.493 e. The Bertz CT molecular complexity index is 770. The summed E-state index contributed by atoms with van der Waals surface area (Å²) in [7, 11) is 6.83. The molecular formula is C27H43NO5. The van der Waals surface area contributed by atoms with Crippen LogP contribution in [-0.4, -0.2) is 58.1 Å². The molecule has 186 valence electrons. The van der Waals surface area contributed by atoms with E-state index < -0.39 is 0 Å². The lowest BCUT2D eigenvalue weighted by molar-refractivity contribution is -0.134. The molecule has 0 radical (unpaired) electrons. The Balaban J connectivity index is 2.91. The fraction of sp³-hybridized carbons (Fsp3) is 0.630. The van der Waals surface area contributed by atoms with E-state index >= 15 is 0 Å². The van der Waals surface area contributed by atoms with Gasteiger partial charge in [0.25, 0.3) is 0 Å². The van der Waals surface area contributed by atoms with Crippen molar-refractivity contribution in [2.24, 2.45) is 23.7 Å². The highest BCUT2D eigenvalue weighted by molar-refractivity contribution is 5.98. The molecule has 6 nitrogen and oxygen atoms in total. The van der Waals surface area contributed by atoms with Gasteiger partial charge in [-0.2, -0.15) is 0 Å². The van der Waals surface area contributed by atoms with Crippen LogP contribution < -0.4 is 9.47 Å². The highest BCUT2D eigenvalue weighted by atomic mass is 16.5. The van der Waals surface area contributed by atoms with Gasteiger partial charge in [0, 0.05) is 51.6 Å². The molecule has 0 aromatic heterocycles. The molecule has 1 aromatic rings. The number of hydrogen-bond acceptors (Lipinski definition) is 5. The second-order valence-electron chi connectivity index (χ2n) is 9.30. The van der Waals surface area contributed by atoms with Crippen LogP contribution in [0.1, 0.15) is 57.3 Å². The van der Waals surface area contributed by atoms with Gasteiger partial charge in [0.05, 0.1) is 13.7 Å². The molecule has 2 unspecified atom stereocenters. The molecule has 0 fully saturated rings. The van der Waals surface area contributed by atoms with Crippen molar-refractivity contribution in [1.29, 1.82) is 0 Å². The zero-order valence-electron chi connectivity index (χ0n) is 21.7. The molecule has 0 N–H and O–H groups in total. The predicted octanol–water partition coefficient (Wildman–Crippen LogP) is 5.26. The standard InChI is InChI=1S/C27H43NO5/c1-19(2)22(12-9-10-13-23(20(3)4)27(30)28(5)6)26(29)21-14-15-24(32-8)25(18-21)33-17-11-16-31-7/h9-10,14-15,18-20,22-23H,11-13,16-17H2,1-8H3. The van der Waals surface area contributed by atoms with E-state index in [4.69, 9.17) is 14.2 Å². The monoisotopic (exact) mass is 461 g/mol.